The maximum Gasteiger partial charge on any atom is 0.339 e. The molecule has 0 bridgehead atoms. The Bertz CT molecular complexity index is 831. The van der Waals surface area contributed by atoms with Crippen molar-refractivity contribution < 1.29 is 19.1 Å². The standard InChI is InChI=1S/C22H26N2O4/c1-22(2,20(26)23-15-9-12-16-10-5-4-6-11-16)21(27)24-18-14-8-7-13-17(18)19(25)28-3/h4-8,10-11,13-14H,9,12,15H2,1-3H3,(H,23,26)(H,24,27). The van der Waals surface area contributed by atoms with Gasteiger partial charge in [-0.05, 0) is 44.4 Å². The molecule has 0 spiro atoms. The minimum atomic E-state index is -1.30. The Morgan fingerprint density at radius 3 is 2.25 bits per heavy atom. The Balaban J connectivity index is 1.93. The van der Waals surface area contributed by atoms with Gasteiger partial charge in [-0.15, -0.1) is 0 Å². The highest BCUT2D eigenvalue weighted by Crippen LogP contribution is 2.22. The van der Waals surface area contributed by atoms with E-state index in [-0.39, 0.29) is 11.5 Å². The van der Waals surface area contributed by atoms with Crippen molar-refractivity contribution in [2.75, 3.05) is 19.0 Å². The Labute approximate surface area is 165 Å². The van der Waals surface area contributed by atoms with Crippen LogP contribution >= 0.6 is 0 Å². The van der Waals surface area contributed by atoms with Crippen molar-refractivity contribution in [2.45, 2.75) is 26.7 Å². The van der Waals surface area contributed by atoms with E-state index in [0.29, 0.717) is 12.2 Å². The van der Waals surface area contributed by atoms with E-state index >= 15 is 0 Å². The van der Waals surface area contributed by atoms with Crippen LogP contribution in [0.1, 0.15) is 36.2 Å². The average Bonchev–Trinajstić information content (AvgIpc) is 2.71. The van der Waals surface area contributed by atoms with E-state index < -0.39 is 17.3 Å². The van der Waals surface area contributed by atoms with Gasteiger partial charge in [0.05, 0.1) is 18.4 Å². The van der Waals surface area contributed by atoms with Crippen molar-refractivity contribution in [2.24, 2.45) is 5.41 Å². The molecule has 6 nitrogen and oxygen atoms in total. The van der Waals surface area contributed by atoms with Gasteiger partial charge >= 0.3 is 5.97 Å². The first-order valence-corrected chi connectivity index (χ1v) is 9.17. The summed E-state index contributed by atoms with van der Waals surface area (Å²) in [6.45, 7) is 3.58. The molecule has 0 fully saturated rings. The van der Waals surface area contributed by atoms with Gasteiger partial charge in [0.2, 0.25) is 11.8 Å². The Morgan fingerprint density at radius 1 is 0.929 bits per heavy atom. The molecular formula is C22H26N2O4. The van der Waals surface area contributed by atoms with Crippen LogP contribution in [0.4, 0.5) is 5.69 Å². The second kappa shape index (κ2) is 9.69. The van der Waals surface area contributed by atoms with Crippen molar-refractivity contribution in [3.05, 3.63) is 65.7 Å². The summed E-state index contributed by atoms with van der Waals surface area (Å²) in [6.07, 6.45) is 1.62. The van der Waals surface area contributed by atoms with Gasteiger partial charge in [-0.1, -0.05) is 42.5 Å². The minimum Gasteiger partial charge on any atom is -0.465 e. The van der Waals surface area contributed by atoms with E-state index in [1.54, 1.807) is 38.1 Å². The molecule has 6 heteroatoms. The lowest BCUT2D eigenvalue weighted by Gasteiger charge is -2.23. The molecule has 0 aliphatic rings. The lowest BCUT2D eigenvalue weighted by molar-refractivity contribution is -0.138. The molecule has 0 aromatic heterocycles. The Kier molecular flexibility index (Phi) is 7.32. The monoisotopic (exact) mass is 382 g/mol. The molecule has 0 heterocycles. The van der Waals surface area contributed by atoms with Crippen molar-refractivity contribution in [3.8, 4) is 0 Å². The lowest BCUT2D eigenvalue weighted by Crippen LogP contribution is -2.45. The van der Waals surface area contributed by atoms with Crippen molar-refractivity contribution in [1.82, 2.24) is 5.32 Å². The molecule has 2 amide bonds. The molecule has 0 radical (unpaired) electrons. The number of anilines is 1. The SMILES string of the molecule is COC(=O)c1ccccc1NC(=O)C(C)(C)C(=O)NCCCc1ccccc1. The maximum absolute atomic E-state index is 12.7. The molecule has 148 valence electrons. The first-order valence-electron chi connectivity index (χ1n) is 9.17. The van der Waals surface area contributed by atoms with Crippen LogP contribution in [0, 0.1) is 5.41 Å². The number of ether oxygens (including phenoxy) is 1. The second-order valence-electron chi connectivity index (χ2n) is 6.96. The first-order chi connectivity index (χ1) is 13.4. The largest absolute Gasteiger partial charge is 0.465 e. The Hall–Kier alpha value is -3.15. The fourth-order valence-corrected chi connectivity index (χ4v) is 2.62. The van der Waals surface area contributed by atoms with Crippen LogP contribution in [0.3, 0.4) is 0 Å². The zero-order valence-corrected chi connectivity index (χ0v) is 16.5. The lowest BCUT2D eigenvalue weighted by atomic mass is 9.90. The predicted octanol–water partition coefficient (Wildman–Crippen LogP) is 3.19. The molecular weight excluding hydrogens is 356 g/mol. The predicted molar refractivity (Wildman–Crippen MR) is 108 cm³/mol. The minimum absolute atomic E-state index is 0.234. The third-order valence-corrected chi connectivity index (χ3v) is 4.49. The van der Waals surface area contributed by atoms with Crippen LogP contribution in [0.15, 0.2) is 54.6 Å². The zero-order chi connectivity index (χ0) is 20.6. The number of amides is 2. The molecule has 28 heavy (non-hydrogen) atoms. The molecule has 0 saturated carbocycles. The van der Waals surface area contributed by atoms with E-state index in [9.17, 15) is 14.4 Å². The van der Waals surface area contributed by atoms with Crippen LogP contribution < -0.4 is 10.6 Å². The van der Waals surface area contributed by atoms with Gasteiger partial charge in [0.1, 0.15) is 5.41 Å². The van der Waals surface area contributed by atoms with Crippen LogP contribution in [-0.2, 0) is 20.7 Å². The highest BCUT2D eigenvalue weighted by molar-refractivity contribution is 6.11. The van der Waals surface area contributed by atoms with Gasteiger partial charge in [-0.25, -0.2) is 4.79 Å². The second-order valence-corrected chi connectivity index (χ2v) is 6.96. The number of hydrogen-bond acceptors (Lipinski definition) is 4. The Morgan fingerprint density at radius 2 is 1.57 bits per heavy atom. The molecule has 2 aromatic carbocycles. The van der Waals surface area contributed by atoms with Gasteiger partial charge in [-0.2, -0.15) is 0 Å². The summed E-state index contributed by atoms with van der Waals surface area (Å²) in [4.78, 5) is 37.0. The molecule has 2 aromatic rings. The summed E-state index contributed by atoms with van der Waals surface area (Å²) in [5.74, 6) is -1.42. The highest BCUT2D eigenvalue weighted by atomic mass is 16.5. The van der Waals surface area contributed by atoms with Crippen LogP contribution in [-0.4, -0.2) is 31.4 Å². The first kappa shape index (κ1) is 21.2. The van der Waals surface area contributed by atoms with E-state index in [1.807, 2.05) is 30.3 Å². The van der Waals surface area contributed by atoms with Gasteiger partial charge in [0.25, 0.3) is 0 Å². The van der Waals surface area contributed by atoms with Crippen LogP contribution in [0.2, 0.25) is 0 Å². The average molecular weight is 382 g/mol. The van der Waals surface area contributed by atoms with Crippen molar-refractivity contribution in [3.63, 3.8) is 0 Å². The van der Waals surface area contributed by atoms with E-state index in [0.717, 1.165) is 12.8 Å². The fraction of sp³-hybridized carbons (Fsp3) is 0.318. The van der Waals surface area contributed by atoms with Gasteiger partial charge in [0.15, 0.2) is 0 Å². The number of hydrogen-bond donors (Lipinski definition) is 2. The number of carbonyl (C=O) groups excluding carboxylic acids is 3. The van der Waals surface area contributed by atoms with Gasteiger partial charge < -0.3 is 15.4 Å². The molecule has 0 unspecified atom stereocenters. The smallest absolute Gasteiger partial charge is 0.339 e. The number of nitrogens with one attached hydrogen (secondary N) is 2. The summed E-state index contributed by atoms with van der Waals surface area (Å²) in [6, 6.07) is 16.5. The van der Waals surface area contributed by atoms with Crippen LogP contribution in [0.5, 0.6) is 0 Å². The van der Waals surface area contributed by atoms with Crippen molar-refractivity contribution in [1.29, 1.82) is 0 Å². The zero-order valence-electron chi connectivity index (χ0n) is 16.5. The molecule has 0 saturated heterocycles. The van der Waals surface area contributed by atoms with E-state index in [4.69, 9.17) is 4.74 Å². The number of para-hydroxylation sites is 1. The number of aryl methyl sites for hydroxylation is 1. The summed E-state index contributed by atoms with van der Waals surface area (Å²) in [5, 5.41) is 5.48. The highest BCUT2D eigenvalue weighted by Gasteiger charge is 2.36. The van der Waals surface area contributed by atoms with E-state index in [2.05, 4.69) is 10.6 Å². The number of benzene rings is 2. The van der Waals surface area contributed by atoms with Crippen molar-refractivity contribution >= 4 is 23.5 Å². The number of esters is 1. The third-order valence-electron chi connectivity index (χ3n) is 4.49. The number of carbonyl (C=O) groups is 3. The number of rotatable bonds is 8. The van der Waals surface area contributed by atoms with Crippen LogP contribution in [0.25, 0.3) is 0 Å². The molecule has 2 rings (SSSR count). The molecule has 0 atom stereocenters. The van der Waals surface area contributed by atoms with E-state index in [1.165, 1.54) is 12.7 Å². The summed E-state index contributed by atoms with van der Waals surface area (Å²) >= 11 is 0. The molecule has 0 aliphatic carbocycles. The quantitative estimate of drug-likeness (QED) is 0.417. The van der Waals surface area contributed by atoms with Gasteiger partial charge in [-0.3, -0.25) is 9.59 Å². The molecule has 0 aliphatic heterocycles. The summed E-state index contributed by atoms with van der Waals surface area (Å²) in [7, 11) is 1.27. The summed E-state index contributed by atoms with van der Waals surface area (Å²) < 4.78 is 4.72. The molecule has 2 N–H and O–H groups in total. The fourth-order valence-electron chi connectivity index (χ4n) is 2.62. The summed E-state index contributed by atoms with van der Waals surface area (Å²) in [5.41, 5.74) is 0.450. The van der Waals surface area contributed by atoms with Gasteiger partial charge in [0, 0.05) is 6.54 Å². The maximum atomic E-state index is 12.7. The topological polar surface area (TPSA) is 84.5 Å². The third kappa shape index (κ3) is 5.42. The number of methoxy groups -OCH3 is 1. The normalized spacial score (nSPS) is 10.8.